The number of amides is 1. The molecule has 1 heterocycles. The van der Waals surface area contributed by atoms with Crippen molar-refractivity contribution in [1.29, 1.82) is 0 Å². The van der Waals surface area contributed by atoms with Gasteiger partial charge in [0.15, 0.2) is 0 Å². The lowest BCUT2D eigenvalue weighted by molar-refractivity contribution is 0.0227. The first-order valence-corrected chi connectivity index (χ1v) is 8.73. The van der Waals surface area contributed by atoms with Crippen LogP contribution in [0, 0.1) is 6.92 Å². The fraction of sp³-hybridized carbons (Fsp3) is 0.381. The predicted molar refractivity (Wildman–Crippen MR) is 96.4 cm³/mol. The van der Waals surface area contributed by atoms with Gasteiger partial charge in [0, 0.05) is 17.5 Å². The number of carbonyl (C=O) groups excluding carboxylic acids is 1. The van der Waals surface area contributed by atoms with Crippen LogP contribution in [0.3, 0.4) is 0 Å². The molecule has 0 radical (unpaired) electrons. The lowest BCUT2D eigenvalue weighted by atomic mass is 9.83. The second-order valence-electron chi connectivity index (χ2n) is 6.58. The third kappa shape index (κ3) is 3.03. The number of fused-ring (bicyclic) bond motifs is 1. The van der Waals surface area contributed by atoms with Gasteiger partial charge in [0.05, 0.1) is 6.04 Å². The Balaban J connectivity index is 1.91. The summed E-state index contributed by atoms with van der Waals surface area (Å²) in [5.74, 6) is 0.874. The molecule has 1 aliphatic heterocycles. The molecule has 3 nitrogen and oxygen atoms in total. The molecule has 24 heavy (non-hydrogen) atoms. The van der Waals surface area contributed by atoms with Gasteiger partial charge in [-0.05, 0) is 37.5 Å². The van der Waals surface area contributed by atoms with E-state index in [4.69, 9.17) is 4.74 Å². The summed E-state index contributed by atoms with van der Waals surface area (Å²) in [4.78, 5) is 12.8. The van der Waals surface area contributed by atoms with Crippen LogP contribution in [0.25, 0.3) is 0 Å². The molecule has 126 valence electrons. The molecule has 1 aliphatic rings. The molecular weight excluding hydrogens is 298 g/mol. The molecule has 3 heteroatoms. The van der Waals surface area contributed by atoms with E-state index >= 15 is 0 Å². The minimum atomic E-state index is -0.210. The van der Waals surface area contributed by atoms with E-state index in [0.29, 0.717) is 0 Å². The van der Waals surface area contributed by atoms with Gasteiger partial charge in [0.25, 0.3) is 5.91 Å². The molecule has 3 rings (SSSR count). The molecule has 0 saturated carbocycles. The van der Waals surface area contributed by atoms with Crippen molar-refractivity contribution >= 4 is 5.91 Å². The average Bonchev–Trinajstić information content (AvgIpc) is 2.61. The van der Waals surface area contributed by atoms with Gasteiger partial charge >= 0.3 is 0 Å². The molecule has 0 aromatic heterocycles. The molecular formula is C21H25NO2. The lowest BCUT2D eigenvalue weighted by Crippen LogP contribution is -2.44. The molecule has 0 spiro atoms. The van der Waals surface area contributed by atoms with E-state index in [9.17, 15) is 4.79 Å². The van der Waals surface area contributed by atoms with E-state index in [-0.39, 0.29) is 17.6 Å². The molecule has 0 aliphatic carbocycles. The highest BCUT2D eigenvalue weighted by Crippen LogP contribution is 2.42. The monoisotopic (exact) mass is 323 g/mol. The van der Waals surface area contributed by atoms with Crippen molar-refractivity contribution < 1.29 is 9.53 Å². The summed E-state index contributed by atoms with van der Waals surface area (Å²) in [6, 6.07) is 15.7. The maximum absolute atomic E-state index is 12.8. The molecule has 1 amide bonds. The number of aryl methyl sites for hydroxylation is 1. The highest BCUT2D eigenvalue weighted by atomic mass is 16.5. The quantitative estimate of drug-likeness (QED) is 0.877. The number of nitrogens with one attached hydrogen (secondary N) is 1. The van der Waals surface area contributed by atoms with Crippen molar-refractivity contribution in [3.8, 4) is 5.75 Å². The van der Waals surface area contributed by atoms with Crippen molar-refractivity contribution in [2.75, 3.05) is 0 Å². The lowest BCUT2D eigenvalue weighted by Gasteiger charge is -2.41. The van der Waals surface area contributed by atoms with Crippen molar-refractivity contribution in [2.45, 2.75) is 51.7 Å². The van der Waals surface area contributed by atoms with Crippen LogP contribution >= 0.6 is 0 Å². The highest BCUT2D eigenvalue weighted by molar-refractivity contribution is 5.95. The molecule has 0 fully saturated rings. The van der Waals surface area contributed by atoms with E-state index in [1.54, 1.807) is 0 Å². The summed E-state index contributed by atoms with van der Waals surface area (Å²) in [6.45, 7) is 6.27. The first kappa shape index (κ1) is 16.6. The van der Waals surface area contributed by atoms with E-state index in [1.165, 1.54) is 0 Å². The fourth-order valence-corrected chi connectivity index (χ4v) is 3.49. The summed E-state index contributed by atoms with van der Waals surface area (Å²) < 4.78 is 6.31. The highest BCUT2D eigenvalue weighted by Gasteiger charge is 2.39. The Bertz CT molecular complexity index is 734. The smallest absolute Gasteiger partial charge is 0.252 e. The third-order valence-electron chi connectivity index (χ3n) is 5.18. The first-order valence-electron chi connectivity index (χ1n) is 8.73. The predicted octanol–water partition coefficient (Wildman–Crippen LogP) is 4.81. The molecule has 0 saturated heterocycles. The number of hydrogen-bond donors (Lipinski definition) is 1. The molecule has 2 aromatic carbocycles. The fourth-order valence-electron chi connectivity index (χ4n) is 3.49. The second kappa shape index (κ2) is 6.68. The van der Waals surface area contributed by atoms with Crippen molar-refractivity contribution in [3.05, 3.63) is 65.2 Å². The second-order valence-corrected chi connectivity index (χ2v) is 6.58. The van der Waals surface area contributed by atoms with Crippen LogP contribution in [0.4, 0.5) is 0 Å². The standard InChI is InChI=1S/C21H25NO2/c1-4-21(5-2)14-18(17-12-8-9-13-19(17)24-21)22-20(23)16-11-7-6-10-15(16)3/h6-13,18H,4-5,14H2,1-3H3,(H,22,23). The zero-order chi connectivity index (χ0) is 17.2. The number of para-hydroxylation sites is 1. The summed E-state index contributed by atoms with van der Waals surface area (Å²) in [7, 11) is 0. The van der Waals surface area contributed by atoms with E-state index < -0.39 is 0 Å². The average molecular weight is 323 g/mol. The number of hydrogen-bond acceptors (Lipinski definition) is 2. The zero-order valence-corrected chi connectivity index (χ0v) is 14.6. The Morgan fingerprint density at radius 1 is 1.12 bits per heavy atom. The van der Waals surface area contributed by atoms with Gasteiger partial charge in [0.1, 0.15) is 11.4 Å². The van der Waals surface area contributed by atoms with Crippen LogP contribution in [-0.2, 0) is 0 Å². The Morgan fingerprint density at radius 3 is 2.50 bits per heavy atom. The Kier molecular flexibility index (Phi) is 4.61. The minimum absolute atomic E-state index is 0.0177. The summed E-state index contributed by atoms with van der Waals surface area (Å²) >= 11 is 0. The first-order chi connectivity index (χ1) is 11.6. The number of benzene rings is 2. The Labute approximate surface area is 144 Å². The zero-order valence-electron chi connectivity index (χ0n) is 14.6. The van der Waals surface area contributed by atoms with Gasteiger partial charge in [0.2, 0.25) is 0 Å². The van der Waals surface area contributed by atoms with E-state index in [1.807, 2.05) is 55.5 Å². The van der Waals surface area contributed by atoms with Crippen molar-refractivity contribution in [1.82, 2.24) is 5.32 Å². The van der Waals surface area contributed by atoms with Crippen LogP contribution in [0.5, 0.6) is 5.75 Å². The van der Waals surface area contributed by atoms with Gasteiger partial charge in [-0.1, -0.05) is 50.2 Å². The van der Waals surface area contributed by atoms with Crippen molar-refractivity contribution in [2.24, 2.45) is 0 Å². The molecule has 1 N–H and O–H groups in total. The maximum atomic E-state index is 12.8. The number of ether oxygens (including phenoxy) is 1. The van der Waals surface area contributed by atoms with Gasteiger partial charge in [-0.25, -0.2) is 0 Å². The number of carbonyl (C=O) groups is 1. The molecule has 2 aromatic rings. The van der Waals surface area contributed by atoms with E-state index in [2.05, 4.69) is 19.2 Å². The van der Waals surface area contributed by atoms with Crippen LogP contribution < -0.4 is 10.1 Å². The Hall–Kier alpha value is -2.29. The van der Waals surface area contributed by atoms with Gasteiger partial charge in [-0.3, -0.25) is 4.79 Å². The Morgan fingerprint density at radius 2 is 1.79 bits per heavy atom. The molecule has 0 bridgehead atoms. The number of rotatable bonds is 4. The third-order valence-corrected chi connectivity index (χ3v) is 5.18. The summed E-state index contributed by atoms with van der Waals surface area (Å²) in [5.41, 5.74) is 2.59. The van der Waals surface area contributed by atoms with Crippen LogP contribution in [0.1, 0.15) is 60.6 Å². The summed E-state index contributed by atoms with van der Waals surface area (Å²) in [5, 5.41) is 3.24. The van der Waals surface area contributed by atoms with Gasteiger partial charge < -0.3 is 10.1 Å². The SMILES string of the molecule is CCC1(CC)CC(NC(=O)c2ccccc2C)c2ccccc2O1. The van der Waals surface area contributed by atoms with Crippen LogP contribution in [0.2, 0.25) is 0 Å². The summed E-state index contributed by atoms with van der Waals surface area (Å²) in [6.07, 6.45) is 2.65. The maximum Gasteiger partial charge on any atom is 0.252 e. The molecule has 1 unspecified atom stereocenters. The van der Waals surface area contributed by atoms with Crippen molar-refractivity contribution in [3.63, 3.8) is 0 Å². The topological polar surface area (TPSA) is 38.3 Å². The molecule has 1 atom stereocenters. The minimum Gasteiger partial charge on any atom is -0.487 e. The van der Waals surface area contributed by atoms with E-state index in [0.717, 1.165) is 41.7 Å². The van der Waals surface area contributed by atoms with Crippen LogP contribution in [-0.4, -0.2) is 11.5 Å². The van der Waals surface area contributed by atoms with Gasteiger partial charge in [-0.15, -0.1) is 0 Å². The van der Waals surface area contributed by atoms with Gasteiger partial charge in [-0.2, -0.15) is 0 Å². The largest absolute Gasteiger partial charge is 0.487 e. The van der Waals surface area contributed by atoms with Crippen LogP contribution in [0.15, 0.2) is 48.5 Å². The normalized spacial score (nSPS) is 18.4.